The van der Waals surface area contributed by atoms with Gasteiger partial charge in [0.15, 0.2) is 5.78 Å². The summed E-state index contributed by atoms with van der Waals surface area (Å²) in [6.45, 7) is 12.2. The van der Waals surface area contributed by atoms with E-state index < -0.39 is 5.41 Å². The van der Waals surface area contributed by atoms with E-state index >= 15 is 0 Å². The van der Waals surface area contributed by atoms with Gasteiger partial charge in [-0.25, -0.2) is 5.43 Å². The van der Waals surface area contributed by atoms with Gasteiger partial charge in [-0.15, -0.1) is 0 Å². The van der Waals surface area contributed by atoms with Crippen molar-refractivity contribution in [1.29, 1.82) is 0 Å². The first-order chi connectivity index (χ1) is 12.9. The summed E-state index contributed by atoms with van der Waals surface area (Å²) in [4.78, 5) is 38.3. The van der Waals surface area contributed by atoms with Crippen molar-refractivity contribution in [2.75, 3.05) is 12.3 Å². The van der Waals surface area contributed by atoms with Crippen LogP contribution in [0, 0.1) is 22.2 Å². The van der Waals surface area contributed by atoms with E-state index in [1.165, 1.54) is 29.2 Å². The van der Waals surface area contributed by atoms with Gasteiger partial charge in [0.05, 0.1) is 10.8 Å². The Labute approximate surface area is 171 Å². The van der Waals surface area contributed by atoms with E-state index in [9.17, 15) is 14.4 Å². The Morgan fingerprint density at radius 3 is 2.54 bits per heavy atom. The molecule has 2 saturated carbocycles. The molecule has 1 aliphatic heterocycles. The Morgan fingerprint density at radius 2 is 2.00 bits per heavy atom. The lowest BCUT2D eigenvalue weighted by Crippen LogP contribution is -2.38. The van der Waals surface area contributed by atoms with E-state index in [4.69, 9.17) is 0 Å². The number of rotatable bonds is 4. The Kier molecular flexibility index (Phi) is 5.28. The van der Waals surface area contributed by atoms with Crippen LogP contribution in [0.15, 0.2) is 16.2 Å². The topological polar surface area (TPSA) is 78.8 Å². The molecule has 3 rings (SSSR count). The number of carbonyl (C=O) groups is 3. The summed E-state index contributed by atoms with van der Waals surface area (Å²) in [5.74, 6) is 0.310. The van der Waals surface area contributed by atoms with Crippen molar-refractivity contribution in [1.82, 2.24) is 10.3 Å². The number of hydrazone groups is 1. The molecule has 2 atom stereocenters. The van der Waals surface area contributed by atoms with E-state index in [2.05, 4.69) is 31.3 Å². The second-order valence-electron chi connectivity index (χ2n) is 9.95. The molecule has 0 aromatic heterocycles. The van der Waals surface area contributed by atoms with Crippen LogP contribution in [0.25, 0.3) is 0 Å². The maximum atomic E-state index is 12.5. The smallest absolute Gasteiger partial charge is 0.260 e. The maximum Gasteiger partial charge on any atom is 0.260 e. The number of amides is 2. The summed E-state index contributed by atoms with van der Waals surface area (Å²) >= 11 is 1.30. The van der Waals surface area contributed by atoms with Crippen molar-refractivity contribution in [2.24, 2.45) is 27.3 Å². The summed E-state index contributed by atoms with van der Waals surface area (Å²) in [7, 11) is 0. The van der Waals surface area contributed by atoms with Crippen LogP contribution in [0.5, 0.6) is 0 Å². The lowest BCUT2D eigenvalue weighted by Gasteiger charge is -2.34. The standard InChI is InChI=1S/C21H31N3O3S/c1-19(2,3)15(25)10-18-24(17(27)12-28-18)11-16(26)23-22-14-9-13-7-8-21(14,6)20(13,4)5/h10,13H,7-9,11-12H2,1-6H3,(H,23,26)/b18-10-,22-14-/t13-,21-/m1/s1. The molecule has 0 unspecified atom stereocenters. The Hall–Kier alpha value is -1.63. The summed E-state index contributed by atoms with van der Waals surface area (Å²) in [5.41, 5.74) is 3.41. The normalized spacial score (nSPS) is 31.9. The zero-order chi connectivity index (χ0) is 20.9. The average Bonchev–Trinajstić information content (AvgIpc) is 3.10. The van der Waals surface area contributed by atoms with Gasteiger partial charge in [-0.3, -0.25) is 19.3 Å². The maximum absolute atomic E-state index is 12.5. The van der Waals surface area contributed by atoms with E-state index in [1.807, 2.05) is 20.8 Å². The Bertz CT molecular complexity index is 778. The first-order valence-corrected chi connectivity index (χ1v) is 10.9. The molecule has 154 valence electrons. The molecular formula is C21H31N3O3S. The number of nitrogens with zero attached hydrogens (tertiary/aromatic N) is 2. The van der Waals surface area contributed by atoms with Gasteiger partial charge in [0.2, 0.25) is 5.91 Å². The first-order valence-electron chi connectivity index (χ1n) is 9.91. The molecule has 0 spiro atoms. The molecule has 7 heteroatoms. The average molecular weight is 406 g/mol. The molecule has 0 aromatic rings. The zero-order valence-electron chi connectivity index (χ0n) is 17.7. The minimum absolute atomic E-state index is 0.0223. The number of hydrogen-bond donors (Lipinski definition) is 1. The summed E-state index contributed by atoms with van der Waals surface area (Å²) in [6.07, 6.45) is 4.72. The van der Waals surface area contributed by atoms with Crippen molar-refractivity contribution in [3.05, 3.63) is 11.1 Å². The molecule has 0 aromatic carbocycles. The summed E-state index contributed by atoms with van der Waals surface area (Å²) in [5, 5.41) is 4.99. The minimum Gasteiger partial charge on any atom is -0.296 e. The molecule has 3 fully saturated rings. The Morgan fingerprint density at radius 1 is 1.32 bits per heavy atom. The number of nitrogens with one attached hydrogen (secondary N) is 1. The van der Waals surface area contributed by atoms with Gasteiger partial charge >= 0.3 is 0 Å². The van der Waals surface area contributed by atoms with Crippen molar-refractivity contribution in [2.45, 2.75) is 60.8 Å². The zero-order valence-corrected chi connectivity index (χ0v) is 18.5. The predicted molar refractivity (Wildman–Crippen MR) is 112 cm³/mol. The van der Waals surface area contributed by atoms with Crippen LogP contribution in [-0.2, 0) is 14.4 Å². The number of allylic oxidation sites excluding steroid dienone is 1. The van der Waals surface area contributed by atoms with Gasteiger partial charge in [-0.05, 0) is 30.6 Å². The number of carbonyl (C=O) groups excluding carboxylic acids is 3. The van der Waals surface area contributed by atoms with Gasteiger partial charge in [0.25, 0.3) is 5.91 Å². The van der Waals surface area contributed by atoms with Crippen LogP contribution in [0.2, 0.25) is 0 Å². The van der Waals surface area contributed by atoms with E-state index in [0.717, 1.165) is 18.6 Å². The molecule has 1 saturated heterocycles. The van der Waals surface area contributed by atoms with Crippen LogP contribution in [0.3, 0.4) is 0 Å². The molecule has 0 radical (unpaired) electrons. The van der Waals surface area contributed by atoms with Crippen LogP contribution in [0.4, 0.5) is 0 Å². The highest BCUT2D eigenvalue weighted by molar-refractivity contribution is 8.04. The summed E-state index contributed by atoms with van der Waals surface area (Å²) in [6, 6.07) is 0. The van der Waals surface area contributed by atoms with Crippen LogP contribution >= 0.6 is 11.8 Å². The second kappa shape index (κ2) is 7.01. The fourth-order valence-electron chi connectivity index (χ4n) is 4.44. The number of fused-ring (bicyclic) bond motifs is 2. The number of hydrogen-bond acceptors (Lipinski definition) is 5. The lowest BCUT2D eigenvalue weighted by atomic mass is 9.70. The minimum atomic E-state index is -0.525. The van der Waals surface area contributed by atoms with Crippen LogP contribution < -0.4 is 5.43 Å². The molecule has 1 N–H and O–H groups in total. The van der Waals surface area contributed by atoms with Gasteiger partial charge < -0.3 is 0 Å². The highest BCUT2D eigenvalue weighted by atomic mass is 32.2. The predicted octanol–water partition coefficient (Wildman–Crippen LogP) is 3.34. The van der Waals surface area contributed by atoms with Crippen molar-refractivity contribution < 1.29 is 14.4 Å². The van der Waals surface area contributed by atoms with E-state index in [-0.39, 0.29) is 40.7 Å². The van der Waals surface area contributed by atoms with Crippen LogP contribution in [-0.4, -0.2) is 40.5 Å². The SMILES string of the molecule is CC(C)(C)C(=O)/C=C1\SCC(=O)N1CC(=O)N/N=C1/C[C@H]2CC[C@@]1(C)C2(C)C. The number of thioether (sulfide) groups is 1. The largest absolute Gasteiger partial charge is 0.296 e. The highest BCUT2D eigenvalue weighted by Gasteiger charge is 2.60. The van der Waals surface area contributed by atoms with Crippen LogP contribution in [0.1, 0.15) is 60.8 Å². The molecule has 2 aliphatic carbocycles. The third kappa shape index (κ3) is 3.53. The third-order valence-corrected chi connectivity index (χ3v) is 8.06. The lowest BCUT2D eigenvalue weighted by molar-refractivity contribution is -0.131. The fraction of sp³-hybridized carbons (Fsp3) is 0.714. The Balaban J connectivity index is 1.67. The molecule has 3 aliphatic rings. The van der Waals surface area contributed by atoms with Crippen molar-refractivity contribution >= 4 is 35.1 Å². The van der Waals surface area contributed by atoms with Crippen molar-refractivity contribution in [3.8, 4) is 0 Å². The highest BCUT2D eigenvalue weighted by Crippen LogP contribution is 2.63. The molecule has 1 heterocycles. The number of ketones is 1. The van der Waals surface area contributed by atoms with Gasteiger partial charge in [-0.2, -0.15) is 5.10 Å². The molecule has 6 nitrogen and oxygen atoms in total. The second-order valence-corrected chi connectivity index (χ2v) is 10.9. The van der Waals surface area contributed by atoms with E-state index in [0.29, 0.717) is 10.9 Å². The molecule has 2 amide bonds. The monoisotopic (exact) mass is 405 g/mol. The van der Waals surface area contributed by atoms with Gasteiger partial charge in [-0.1, -0.05) is 53.3 Å². The molecular weight excluding hydrogens is 374 g/mol. The van der Waals surface area contributed by atoms with E-state index in [1.54, 1.807) is 0 Å². The van der Waals surface area contributed by atoms with Gasteiger partial charge in [0, 0.05) is 22.6 Å². The van der Waals surface area contributed by atoms with Gasteiger partial charge in [0.1, 0.15) is 6.54 Å². The fourth-order valence-corrected chi connectivity index (χ4v) is 5.37. The van der Waals surface area contributed by atoms with Crippen molar-refractivity contribution in [3.63, 3.8) is 0 Å². The molecule has 2 bridgehead atoms. The quantitative estimate of drug-likeness (QED) is 0.575. The summed E-state index contributed by atoms with van der Waals surface area (Å²) < 4.78 is 0. The third-order valence-electron chi connectivity index (χ3n) is 7.03. The first kappa shape index (κ1) is 21.1. The molecule has 28 heavy (non-hydrogen) atoms.